The van der Waals surface area contributed by atoms with Crippen molar-refractivity contribution in [1.29, 1.82) is 0 Å². The Hall–Kier alpha value is -1.09. The molecule has 1 N–H and O–H groups in total. The summed E-state index contributed by atoms with van der Waals surface area (Å²) in [7, 11) is 0. The van der Waals surface area contributed by atoms with E-state index >= 15 is 0 Å². The Morgan fingerprint density at radius 1 is 1.10 bits per heavy atom. The summed E-state index contributed by atoms with van der Waals surface area (Å²) in [4.78, 5) is 0. The molecule has 2 rings (SSSR count). The molecule has 0 saturated heterocycles. The Morgan fingerprint density at radius 2 is 1.81 bits per heavy atom. The van der Waals surface area contributed by atoms with E-state index in [0.29, 0.717) is 0 Å². The third-order valence-corrected chi connectivity index (χ3v) is 3.88. The molecular formula is C17H18Cl2FN. The highest BCUT2D eigenvalue weighted by molar-refractivity contribution is 6.31. The summed E-state index contributed by atoms with van der Waals surface area (Å²) in [6.45, 7) is 3.01. The Balaban J connectivity index is 2.20. The fourth-order valence-corrected chi connectivity index (χ4v) is 2.53. The maximum atomic E-state index is 13.3. The van der Waals surface area contributed by atoms with Crippen molar-refractivity contribution in [3.05, 3.63) is 69.5 Å². The number of halogens is 3. The van der Waals surface area contributed by atoms with Gasteiger partial charge in [0.05, 0.1) is 5.02 Å². The minimum absolute atomic E-state index is 0.101. The molecule has 1 unspecified atom stereocenters. The topological polar surface area (TPSA) is 12.0 Å². The van der Waals surface area contributed by atoms with Gasteiger partial charge in [0.15, 0.2) is 0 Å². The third kappa shape index (κ3) is 4.70. The normalized spacial score (nSPS) is 12.4. The minimum Gasteiger partial charge on any atom is -0.310 e. The molecule has 2 aromatic carbocycles. The van der Waals surface area contributed by atoms with Crippen LogP contribution in [0, 0.1) is 5.82 Å². The van der Waals surface area contributed by atoms with Crippen molar-refractivity contribution in [3.8, 4) is 0 Å². The lowest BCUT2D eigenvalue weighted by molar-refractivity contribution is 0.527. The number of nitrogens with one attached hydrogen (secondary N) is 1. The van der Waals surface area contributed by atoms with Crippen LogP contribution in [0.2, 0.25) is 10.0 Å². The molecular weight excluding hydrogens is 308 g/mol. The van der Waals surface area contributed by atoms with Crippen LogP contribution in [0.25, 0.3) is 0 Å². The predicted octanol–water partition coefficient (Wildman–Crippen LogP) is 5.42. The van der Waals surface area contributed by atoms with E-state index in [9.17, 15) is 4.39 Å². The lowest BCUT2D eigenvalue weighted by atomic mass is 9.98. The summed E-state index contributed by atoms with van der Waals surface area (Å²) >= 11 is 11.8. The third-order valence-electron chi connectivity index (χ3n) is 3.34. The molecule has 4 heteroatoms. The molecule has 0 saturated carbocycles. The lowest BCUT2D eigenvalue weighted by Gasteiger charge is -2.19. The summed E-state index contributed by atoms with van der Waals surface area (Å²) in [5, 5.41) is 4.36. The summed E-state index contributed by atoms with van der Waals surface area (Å²) in [5.74, 6) is -0.388. The highest BCUT2D eigenvalue weighted by atomic mass is 35.5. The van der Waals surface area contributed by atoms with Crippen molar-refractivity contribution >= 4 is 23.2 Å². The quantitative estimate of drug-likeness (QED) is 0.748. The van der Waals surface area contributed by atoms with Gasteiger partial charge in [0, 0.05) is 11.1 Å². The second-order valence-electron chi connectivity index (χ2n) is 5.01. The first-order valence-electron chi connectivity index (χ1n) is 7.03. The van der Waals surface area contributed by atoms with Gasteiger partial charge in [-0.05, 0) is 54.8 Å². The summed E-state index contributed by atoms with van der Waals surface area (Å²) < 4.78 is 13.3. The molecule has 2 aromatic rings. The van der Waals surface area contributed by atoms with Crippen LogP contribution in [0.15, 0.2) is 42.5 Å². The Bertz CT molecular complexity index is 584. The molecule has 0 aliphatic heterocycles. The SMILES string of the molecule is CCCNC(Cc1ccc(Cl)cc1)c1ccc(F)c(Cl)c1. The molecule has 1 nitrogen and oxygen atoms in total. The van der Waals surface area contributed by atoms with Gasteiger partial charge in [0.2, 0.25) is 0 Å². The first-order chi connectivity index (χ1) is 10.1. The van der Waals surface area contributed by atoms with E-state index in [0.717, 1.165) is 30.0 Å². The molecule has 0 bridgehead atoms. The van der Waals surface area contributed by atoms with Crippen molar-refractivity contribution in [2.75, 3.05) is 6.54 Å². The van der Waals surface area contributed by atoms with Gasteiger partial charge >= 0.3 is 0 Å². The van der Waals surface area contributed by atoms with Crippen LogP contribution in [-0.2, 0) is 6.42 Å². The van der Waals surface area contributed by atoms with E-state index in [4.69, 9.17) is 23.2 Å². The number of benzene rings is 2. The Morgan fingerprint density at radius 3 is 2.43 bits per heavy atom. The standard InChI is InChI=1S/C17H18Cl2FN/c1-2-9-21-17(10-12-3-6-14(18)7-4-12)13-5-8-16(20)15(19)11-13/h3-8,11,17,21H,2,9-10H2,1H3. The molecule has 0 amide bonds. The highest BCUT2D eigenvalue weighted by Crippen LogP contribution is 2.24. The van der Waals surface area contributed by atoms with E-state index in [2.05, 4.69) is 12.2 Å². The molecule has 112 valence electrons. The van der Waals surface area contributed by atoms with Crippen molar-refractivity contribution in [1.82, 2.24) is 5.32 Å². The van der Waals surface area contributed by atoms with E-state index in [1.165, 1.54) is 11.6 Å². The van der Waals surface area contributed by atoms with Crippen LogP contribution in [0.4, 0.5) is 4.39 Å². The molecule has 21 heavy (non-hydrogen) atoms. The van der Waals surface area contributed by atoms with Crippen LogP contribution >= 0.6 is 23.2 Å². The smallest absolute Gasteiger partial charge is 0.141 e. The molecule has 0 spiro atoms. The van der Waals surface area contributed by atoms with Gasteiger partial charge in [-0.25, -0.2) is 4.39 Å². The van der Waals surface area contributed by atoms with Crippen molar-refractivity contribution in [2.24, 2.45) is 0 Å². The molecule has 0 fully saturated rings. The van der Waals surface area contributed by atoms with Gasteiger partial charge in [0.25, 0.3) is 0 Å². The molecule has 1 atom stereocenters. The maximum absolute atomic E-state index is 13.3. The number of hydrogen-bond donors (Lipinski definition) is 1. The van der Waals surface area contributed by atoms with Crippen LogP contribution in [-0.4, -0.2) is 6.54 Å². The molecule has 0 heterocycles. The number of hydrogen-bond acceptors (Lipinski definition) is 1. The zero-order valence-electron chi connectivity index (χ0n) is 11.9. The van der Waals surface area contributed by atoms with Gasteiger partial charge in [-0.15, -0.1) is 0 Å². The zero-order valence-corrected chi connectivity index (χ0v) is 13.4. The largest absolute Gasteiger partial charge is 0.310 e. The molecule has 0 aliphatic rings. The molecule has 0 aliphatic carbocycles. The van der Waals surface area contributed by atoms with E-state index in [-0.39, 0.29) is 16.9 Å². The first kappa shape index (κ1) is 16.3. The van der Waals surface area contributed by atoms with Gasteiger partial charge in [0.1, 0.15) is 5.82 Å². The first-order valence-corrected chi connectivity index (χ1v) is 7.78. The van der Waals surface area contributed by atoms with Gasteiger partial charge in [-0.3, -0.25) is 0 Å². The molecule has 0 aromatic heterocycles. The van der Waals surface area contributed by atoms with E-state index in [1.54, 1.807) is 12.1 Å². The minimum atomic E-state index is -0.388. The molecule has 0 radical (unpaired) electrons. The average molecular weight is 326 g/mol. The summed E-state index contributed by atoms with van der Waals surface area (Å²) in [6.07, 6.45) is 1.84. The van der Waals surface area contributed by atoms with E-state index in [1.807, 2.05) is 24.3 Å². The summed E-state index contributed by atoms with van der Waals surface area (Å²) in [6, 6.07) is 12.8. The van der Waals surface area contributed by atoms with E-state index < -0.39 is 0 Å². The number of rotatable bonds is 6. The van der Waals surface area contributed by atoms with Crippen LogP contribution in [0.3, 0.4) is 0 Å². The average Bonchev–Trinajstić information content (AvgIpc) is 2.48. The maximum Gasteiger partial charge on any atom is 0.141 e. The monoisotopic (exact) mass is 325 g/mol. The zero-order chi connectivity index (χ0) is 15.2. The fourth-order valence-electron chi connectivity index (χ4n) is 2.21. The van der Waals surface area contributed by atoms with Crippen LogP contribution in [0.5, 0.6) is 0 Å². The van der Waals surface area contributed by atoms with Crippen LogP contribution < -0.4 is 5.32 Å². The van der Waals surface area contributed by atoms with Gasteiger partial charge in [-0.1, -0.05) is 48.3 Å². The van der Waals surface area contributed by atoms with Gasteiger partial charge < -0.3 is 5.32 Å². The predicted molar refractivity (Wildman–Crippen MR) is 87.6 cm³/mol. The fraction of sp³-hybridized carbons (Fsp3) is 0.294. The van der Waals surface area contributed by atoms with Gasteiger partial charge in [-0.2, -0.15) is 0 Å². The van der Waals surface area contributed by atoms with Crippen molar-refractivity contribution in [3.63, 3.8) is 0 Å². The second kappa shape index (κ2) is 7.79. The van der Waals surface area contributed by atoms with Crippen molar-refractivity contribution in [2.45, 2.75) is 25.8 Å². The van der Waals surface area contributed by atoms with Crippen molar-refractivity contribution < 1.29 is 4.39 Å². The Kier molecular flexibility index (Phi) is 6.04. The van der Waals surface area contributed by atoms with Crippen LogP contribution in [0.1, 0.15) is 30.5 Å². The lowest BCUT2D eigenvalue weighted by Crippen LogP contribution is -2.24. The second-order valence-corrected chi connectivity index (χ2v) is 5.85. The Labute approximate surface area is 135 Å². The highest BCUT2D eigenvalue weighted by Gasteiger charge is 2.13. The summed E-state index contributed by atoms with van der Waals surface area (Å²) in [5.41, 5.74) is 2.17.